The highest BCUT2D eigenvalue weighted by atomic mass is 16.5. The molecule has 0 atom stereocenters. The number of carbonyl (C=O) groups is 1. The van der Waals surface area contributed by atoms with E-state index in [0.29, 0.717) is 5.75 Å². The van der Waals surface area contributed by atoms with Crippen molar-refractivity contribution in [3.63, 3.8) is 0 Å². The van der Waals surface area contributed by atoms with Gasteiger partial charge in [0.05, 0.1) is 20.5 Å². The van der Waals surface area contributed by atoms with Crippen LogP contribution in [0.25, 0.3) is 11.1 Å². The van der Waals surface area contributed by atoms with Crippen LogP contribution in [0, 0.1) is 6.92 Å². The van der Waals surface area contributed by atoms with Crippen molar-refractivity contribution in [3.8, 4) is 22.6 Å². The number of rotatable bonds is 9. The number of methoxy groups -OCH3 is 2. The highest BCUT2D eigenvalue weighted by Gasteiger charge is 2.19. The van der Waals surface area contributed by atoms with E-state index in [0.717, 1.165) is 42.0 Å². The molecular formula is C22H25N3O4. The van der Waals surface area contributed by atoms with E-state index >= 15 is 0 Å². The van der Waals surface area contributed by atoms with Gasteiger partial charge in [0, 0.05) is 36.2 Å². The maximum atomic E-state index is 11.7. The number of nitrogens with one attached hydrogen (secondary N) is 1. The van der Waals surface area contributed by atoms with Gasteiger partial charge in [-0.05, 0) is 37.1 Å². The Balaban J connectivity index is 1.83. The fraction of sp³-hybridized carbons (Fsp3) is 0.273. The Morgan fingerprint density at radius 1 is 1.21 bits per heavy atom. The molecule has 0 bridgehead atoms. The lowest BCUT2D eigenvalue weighted by molar-refractivity contribution is 0.0692. The fourth-order valence-corrected chi connectivity index (χ4v) is 3.26. The zero-order chi connectivity index (χ0) is 20.8. The third-order valence-corrected chi connectivity index (χ3v) is 4.76. The number of carboxylic acids is 1. The number of nitrogens with zero attached hydrogens (tertiary/aromatic N) is 2. The van der Waals surface area contributed by atoms with E-state index in [-0.39, 0.29) is 11.3 Å². The predicted molar refractivity (Wildman–Crippen MR) is 112 cm³/mol. The maximum Gasteiger partial charge on any atom is 0.339 e. The van der Waals surface area contributed by atoms with Crippen molar-refractivity contribution in [2.75, 3.05) is 26.1 Å². The Bertz CT molecular complexity index is 997. The smallest absolute Gasteiger partial charge is 0.339 e. The van der Waals surface area contributed by atoms with Gasteiger partial charge in [-0.3, -0.25) is 0 Å². The summed E-state index contributed by atoms with van der Waals surface area (Å²) in [6.45, 7) is 3.68. The average Bonchev–Trinajstić information content (AvgIpc) is 3.15. The Morgan fingerprint density at radius 2 is 2.00 bits per heavy atom. The first-order valence-electron chi connectivity index (χ1n) is 9.34. The summed E-state index contributed by atoms with van der Waals surface area (Å²) in [4.78, 5) is 15.8. The molecule has 0 saturated carbocycles. The second-order valence-electron chi connectivity index (χ2n) is 6.62. The van der Waals surface area contributed by atoms with Gasteiger partial charge >= 0.3 is 5.97 Å². The number of benzene rings is 2. The van der Waals surface area contributed by atoms with Crippen LogP contribution >= 0.6 is 0 Å². The van der Waals surface area contributed by atoms with Gasteiger partial charge in [0.25, 0.3) is 0 Å². The number of aromatic nitrogens is 2. The predicted octanol–water partition coefficient (Wildman–Crippen LogP) is 4.08. The van der Waals surface area contributed by atoms with Crippen molar-refractivity contribution in [2.24, 2.45) is 0 Å². The van der Waals surface area contributed by atoms with Crippen molar-refractivity contribution in [3.05, 3.63) is 60.2 Å². The molecule has 1 aromatic heterocycles. The lowest BCUT2D eigenvalue weighted by Gasteiger charge is -2.16. The van der Waals surface area contributed by atoms with Gasteiger partial charge in [0.1, 0.15) is 5.56 Å². The number of carboxylic acid groups (broad SMARTS) is 1. The first kappa shape index (κ1) is 20.3. The van der Waals surface area contributed by atoms with Gasteiger partial charge in [0.2, 0.25) is 0 Å². The quantitative estimate of drug-likeness (QED) is 0.531. The summed E-state index contributed by atoms with van der Waals surface area (Å²) >= 11 is 0. The number of hydrogen-bond acceptors (Lipinski definition) is 5. The number of para-hydroxylation sites is 1. The van der Waals surface area contributed by atoms with E-state index in [1.54, 1.807) is 12.1 Å². The van der Waals surface area contributed by atoms with Crippen LogP contribution in [-0.4, -0.2) is 41.4 Å². The summed E-state index contributed by atoms with van der Waals surface area (Å²) in [5.74, 6) is -0.471. The molecule has 0 unspecified atom stereocenters. The van der Waals surface area contributed by atoms with E-state index in [4.69, 9.17) is 9.47 Å². The summed E-state index contributed by atoms with van der Waals surface area (Å²) in [5.41, 5.74) is 3.77. The van der Waals surface area contributed by atoms with Crippen LogP contribution in [-0.2, 0) is 6.54 Å². The van der Waals surface area contributed by atoms with Gasteiger partial charge in [-0.25, -0.2) is 9.78 Å². The minimum atomic E-state index is -1.07. The number of ether oxygens (including phenoxy) is 2. The average molecular weight is 395 g/mol. The number of anilines is 1. The van der Waals surface area contributed by atoms with Crippen LogP contribution < -0.4 is 14.8 Å². The molecule has 0 fully saturated rings. The lowest BCUT2D eigenvalue weighted by atomic mass is 9.99. The third kappa shape index (κ3) is 4.51. The van der Waals surface area contributed by atoms with E-state index in [1.807, 2.05) is 43.7 Å². The summed E-state index contributed by atoms with van der Waals surface area (Å²) in [6, 6.07) is 11.2. The van der Waals surface area contributed by atoms with Crippen molar-refractivity contribution in [1.29, 1.82) is 0 Å². The van der Waals surface area contributed by atoms with Crippen LogP contribution in [0.2, 0.25) is 0 Å². The fourth-order valence-electron chi connectivity index (χ4n) is 3.26. The van der Waals surface area contributed by atoms with Crippen molar-refractivity contribution in [1.82, 2.24) is 9.55 Å². The van der Waals surface area contributed by atoms with Gasteiger partial charge in [0.15, 0.2) is 11.5 Å². The van der Waals surface area contributed by atoms with E-state index < -0.39 is 5.97 Å². The Labute approximate surface area is 169 Å². The molecule has 0 aliphatic carbocycles. The van der Waals surface area contributed by atoms with Gasteiger partial charge < -0.3 is 24.5 Å². The van der Waals surface area contributed by atoms with Crippen LogP contribution in [0.15, 0.2) is 48.9 Å². The highest BCUT2D eigenvalue weighted by Crippen LogP contribution is 2.38. The molecule has 0 aliphatic rings. The normalized spacial score (nSPS) is 10.6. The second-order valence-corrected chi connectivity index (χ2v) is 6.62. The summed E-state index contributed by atoms with van der Waals surface area (Å²) < 4.78 is 12.7. The Hall–Kier alpha value is -3.48. The third-order valence-electron chi connectivity index (χ3n) is 4.76. The summed E-state index contributed by atoms with van der Waals surface area (Å²) in [5, 5.41) is 13.0. The summed E-state index contributed by atoms with van der Waals surface area (Å²) in [7, 11) is 2.93. The molecule has 2 aromatic carbocycles. The first-order chi connectivity index (χ1) is 14.0. The van der Waals surface area contributed by atoms with Crippen molar-refractivity contribution < 1.29 is 19.4 Å². The molecule has 1 heterocycles. The second kappa shape index (κ2) is 9.14. The number of hydrogen-bond donors (Lipinski definition) is 2. The number of imidazole rings is 1. The molecule has 2 N–H and O–H groups in total. The SMILES string of the molecule is COc1cc(-c2ccccc2NCCCn2cncc2C)cc(C(=O)O)c1OC. The Morgan fingerprint density at radius 3 is 2.66 bits per heavy atom. The molecule has 3 rings (SSSR count). The van der Waals surface area contributed by atoms with E-state index in [1.165, 1.54) is 14.2 Å². The van der Waals surface area contributed by atoms with Gasteiger partial charge in [-0.15, -0.1) is 0 Å². The molecule has 7 nitrogen and oxygen atoms in total. The maximum absolute atomic E-state index is 11.7. The number of aromatic carboxylic acids is 1. The number of aryl methyl sites for hydroxylation is 2. The molecular weight excluding hydrogens is 370 g/mol. The van der Waals surface area contributed by atoms with Crippen LogP contribution in [0.1, 0.15) is 22.5 Å². The van der Waals surface area contributed by atoms with E-state index in [9.17, 15) is 9.90 Å². The lowest BCUT2D eigenvalue weighted by Crippen LogP contribution is -2.08. The molecule has 0 radical (unpaired) electrons. The van der Waals surface area contributed by atoms with Crippen molar-refractivity contribution >= 4 is 11.7 Å². The van der Waals surface area contributed by atoms with E-state index in [2.05, 4.69) is 14.9 Å². The standard InChI is InChI=1S/C22H25N3O4/c1-15-13-23-14-25(15)10-6-9-24-19-8-5-4-7-17(19)16-11-18(22(26)27)21(29-3)20(12-16)28-2/h4-5,7-8,11-14,24H,6,9-10H2,1-3H3,(H,26,27). The minimum absolute atomic E-state index is 0.0623. The van der Waals surface area contributed by atoms with Crippen molar-refractivity contribution in [2.45, 2.75) is 19.9 Å². The molecule has 3 aromatic rings. The molecule has 152 valence electrons. The van der Waals surface area contributed by atoms with Crippen LogP contribution in [0.4, 0.5) is 5.69 Å². The molecule has 0 amide bonds. The van der Waals surface area contributed by atoms with Gasteiger partial charge in [-0.2, -0.15) is 0 Å². The summed E-state index contributed by atoms with van der Waals surface area (Å²) in [6.07, 6.45) is 4.61. The van der Waals surface area contributed by atoms with Crippen LogP contribution in [0.5, 0.6) is 11.5 Å². The largest absolute Gasteiger partial charge is 0.493 e. The topological polar surface area (TPSA) is 85.6 Å². The Kier molecular flexibility index (Phi) is 6.39. The molecule has 7 heteroatoms. The minimum Gasteiger partial charge on any atom is -0.493 e. The highest BCUT2D eigenvalue weighted by molar-refractivity contribution is 5.95. The zero-order valence-electron chi connectivity index (χ0n) is 16.8. The molecule has 0 spiro atoms. The molecule has 0 saturated heterocycles. The van der Waals surface area contributed by atoms with Crippen LogP contribution in [0.3, 0.4) is 0 Å². The first-order valence-corrected chi connectivity index (χ1v) is 9.34. The molecule has 29 heavy (non-hydrogen) atoms. The zero-order valence-corrected chi connectivity index (χ0v) is 16.8. The monoisotopic (exact) mass is 395 g/mol. The molecule has 0 aliphatic heterocycles. The van der Waals surface area contributed by atoms with Gasteiger partial charge in [-0.1, -0.05) is 18.2 Å².